The maximum atomic E-state index is 6.74. The summed E-state index contributed by atoms with van der Waals surface area (Å²) < 4.78 is 8.93. The SMILES string of the molecule is CC(C)(C)c1ccnc(-n2c3[c-]c(Oc4[c-]c(N5[CH-]N(c6c(-c7ccccc7)ccc7c6-c6ccccc6C7(c6ccccc6)c6ccccc6)c6ccccc65)ccc4)ccc3c3ccccc32)c1.[Pt]. The summed E-state index contributed by atoms with van der Waals surface area (Å²) >= 11 is 0. The van der Waals surface area contributed by atoms with E-state index in [9.17, 15) is 0 Å². The van der Waals surface area contributed by atoms with Crippen LogP contribution in [-0.4, -0.2) is 9.55 Å². The van der Waals surface area contributed by atoms with E-state index in [-0.39, 0.29) is 26.5 Å². The first-order chi connectivity index (χ1) is 34.4. The number of hydrogen-bond donors (Lipinski definition) is 0. The van der Waals surface area contributed by atoms with Crippen LogP contribution in [0.15, 0.2) is 225 Å². The average Bonchev–Trinajstić information content (AvgIpc) is 4.06. The van der Waals surface area contributed by atoms with Crippen molar-refractivity contribution in [1.29, 1.82) is 0 Å². The van der Waals surface area contributed by atoms with Crippen LogP contribution < -0.4 is 14.5 Å². The van der Waals surface area contributed by atoms with Crippen molar-refractivity contribution in [3.05, 3.63) is 271 Å². The summed E-state index contributed by atoms with van der Waals surface area (Å²) in [7, 11) is 0. The van der Waals surface area contributed by atoms with Gasteiger partial charge in [0.2, 0.25) is 0 Å². The first-order valence-corrected chi connectivity index (χ1v) is 24.0. The Hall–Kier alpha value is -7.98. The molecule has 9 aromatic carbocycles. The summed E-state index contributed by atoms with van der Waals surface area (Å²) in [6, 6.07) is 85.5. The van der Waals surface area contributed by atoms with Crippen molar-refractivity contribution in [1.82, 2.24) is 9.55 Å². The summed E-state index contributed by atoms with van der Waals surface area (Å²) in [6.45, 7) is 8.92. The fourth-order valence-electron chi connectivity index (χ4n) is 11.0. The summed E-state index contributed by atoms with van der Waals surface area (Å²) in [5, 5.41) is 2.22. The Morgan fingerprint density at radius 1 is 0.535 bits per heavy atom. The smallest absolute Gasteiger partial charge is 0.135 e. The van der Waals surface area contributed by atoms with Gasteiger partial charge in [0.1, 0.15) is 5.82 Å². The molecule has 3 heterocycles. The van der Waals surface area contributed by atoms with Gasteiger partial charge in [-0.1, -0.05) is 184 Å². The molecule has 0 fully saturated rings. The fraction of sp³-hybridized carbons (Fsp3) is 0.0769. The molecule has 1 aliphatic carbocycles. The molecule has 71 heavy (non-hydrogen) atoms. The number of pyridine rings is 1. The van der Waals surface area contributed by atoms with Crippen LogP contribution in [0.1, 0.15) is 48.6 Å². The number of rotatable bonds is 8. The summed E-state index contributed by atoms with van der Waals surface area (Å²) in [6.07, 6.45) is 1.90. The van der Waals surface area contributed by atoms with Crippen LogP contribution in [0.2, 0.25) is 0 Å². The third kappa shape index (κ3) is 7.13. The zero-order chi connectivity index (χ0) is 47.0. The molecule has 0 saturated heterocycles. The maximum Gasteiger partial charge on any atom is 0.135 e. The van der Waals surface area contributed by atoms with Gasteiger partial charge in [-0.15, -0.1) is 48.1 Å². The van der Waals surface area contributed by atoms with Gasteiger partial charge < -0.3 is 19.1 Å². The van der Waals surface area contributed by atoms with E-state index in [1.54, 1.807) is 0 Å². The predicted molar refractivity (Wildman–Crippen MR) is 286 cm³/mol. The van der Waals surface area contributed by atoms with E-state index in [1.807, 2.05) is 24.4 Å². The third-order valence-corrected chi connectivity index (χ3v) is 14.2. The molecule has 346 valence electrons. The van der Waals surface area contributed by atoms with Crippen molar-refractivity contribution in [3.63, 3.8) is 0 Å². The molecule has 1 aliphatic heterocycles. The largest absolute Gasteiger partial charge is 0.509 e. The monoisotopic (exact) mass is 1090 g/mol. The number of hydrogen-bond acceptors (Lipinski definition) is 4. The summed E-state index contributed by atoms with van der Waals surface area (Å²) in [5.41, 5.74) is 16.4. The van der Waals surface area contributed by atoms with E-state index in [0.717, 1.165) is 61.5 Å². The standard InChI is InChI=1S/C65H47N4O.Pt/c1-64(2,3)47-38-39-66-61(40-47)69-57-31-16-14-28-52(57)53-35-34-50(42-60(53)69)70-49-27-19-26-48(41-49)67-43-68(59-33-18-17-32-58(59)67)63-51(44-20-7-4-8-21-44)36-37-56-62(63)54-29-13-15-30-55(54)65(56,45-22-9-5-10-23-45)46-24-11-6-12-25-46;/h4-40,43H,1-3H3;/q-3;. The third-order valence-electron chi connectivity index (χ3n) is 14.2. The summed E-state index contributed by atoms with van der Waals surface area (Å²) in [5.74, 6) is 2.03. The second-order valence-corrected chi connectivity index (χ2v) is 19.2. The van der Waals surface area contributed by atoms with Gasteiger partial charge in [-0.2, -0.15) is 12.1 Å². The molecular formula is C65H47N4OPt-3. The van der Waals surface area contributed by atoms with Crippen LogP contribution in [0.3, 0.4) is 0 Å². The molecule has 13 rings (SSSR count). The van der Waals surface area contributed by atoms with Gasteiger partial charge in [0.15, 0.2) is 0 Å². The van der Waals surface area contributed by atoms with Crippen LogP contribution in [0, 0.1) is 18.8 Å². The molecule has 0 N–H and O–H groups in total. The number of para-hydroxylation sites is 3. The molecule has 0 atom stereocenters. The van der Waals surface area contributed by atoms with Crippen LogP contribution in [0.25, 0.3) is 49.9 Å². The Bertz CT molecular complexity index is 3750. The van der Waals surface area contributed by atoms with Crippen LogP contribution in [-0.2, 0) is 31.9 Å². The van der Waals surface area contributed by atoms with Gasteiger partial charge in [-0.25, -0.2) is 4.98 Å². The molecule has 0 spiro atoms. The van der Waals surface area contributed by atoms with Crippen molar-refractivity contribution >= 4 is 44.6 Å². The molecule has 5 nitrogen and oxygen atoms in total. The fourth-order valence-corrected chi connectivity index (χ4v) is 11.0. The number of benzene rings is 9. The number of ether oxygens (including phenoxy) is 1. The molecule has 0 amide bonds. The van der Waals surface area contributed by atoms with Crippen LogP contribution in [0.4, 0.5) is 22.7 Å². The first-order valence-electron chi connectivity index (χ1n) is 24.0. The van der Waals surface area contributed by atoms with Crippen molar-refractivity contribution in [2.45, 2.75) is 31.6 Å². The molecular weight excluding hydrogens is 1050 g/mol. The van der Waals surface area contributed by atoms with E-state index < -0.39 is 5.41 Å². The molecule has 2 aliphatic rings. The van der Waals surface area contributed by atoms with E-state index >= 15 is 0 Å². The van der Waals surface area contributed by atoms with Crippen molar-refractivity contribution < 1.29 is 25.8 Å². The molecule has 11 aromatic rings. The summed E-state index contributed by atoms with van der Waals surface area (Å²) in [4.78, 5) is 9.51. The Morgan fingerprint density at radius 2 is 1.18 bits per heavy atom. The molecule has 2 aromatic heterocycles. The average molecular weight is 1100 g/mol. The Morgan fingerprint density at radius 3 is 1.93 bits per heavy atom. The predicted octanol–water partition coefficient (Wildman–Crippen LogP) is 16.3. The second kappa shape index (κ2) is 17.5. The number of nitrogens with zero attached hydrogens (tertiary/aromatic N) is 4. The van der Waals surface area contributed by atoms with Gasteiger partial charge in [0, 0.05) is 72.5 Å². The van der Waals surface area contributed by atoms with E-state index in [1.165, 1.54) is 38.9 Å². The molecule has 0 bridgehead atoms. The maximum absolute atomic E-state index is 6.74. The second-order valence-electron chi connectivity index (χ2n) is 19.2. The van der Waals surface area contributed by atoms with Gasteiger partial charge in [-0.3, -0.25) is 0 Å². The minimum absolute atomic E-state index is 0. The van der Waals surface area contributed by atoms with Gasteiger partial charge in [0.05, 0.1) is 5.41 Å². The molecule has 6 heteroatoms. The molecule has 0 unspecified atom stereocenters. The van der Waals surface area contributed by atoms with Crippen molar-refractivity contribution in [2.24, 2.45) is 0 Å². The van der Waals surface area contributed by atoms with Gasteiger partial charge >= 0.3 is 0 Å². The van der Waals surface area contributed by atoms with Crippen LogP contribution >= 0.6 is 0 Å². The van der Waals surface area contributed by atoms with Crippen molar-refractivity contribution in [2.75, 3.05) is 9.80 Å². The van der Waals surface area contributed by atoms with Crippen LogP contribution in [0.5, 0.6) is 11.5 Å². The number of anilines is 4. The topological polar surface area (TPSA) is 33.5 Å². The van der Waals surface area contributed by atoms with Crippen molar-refractivity contribution in [3.8, 4) is 39.6 Å². The van der Waals surface area contributed by atoms with Gasteiger partial charge in [0.25, 0.3) is 0 Å². The Labute approximate surface area is 429 Å². The first kappa shape index (κ1) is 44.2. The van der Waals surface area contributed by atoms with Gasteiger partial charge in [-0.05, 0) is 80.1 Å². The van der Waals surface area contributed by atoms with E-state index in [2.05, 4.69) is 254 Å². The Kier molecular flexibility index (Phi) is 10.9. The number of aromatic nitrogens is 2. The minimum atomic E-state index is -0.557. The van der Waals surface area contributed by atoms with E-state index in [4.69, 9.17) is 9.72 Å². The number of fused-ring (bicyclic) bond motifs is 7. The molecule has 0 radical (unpaired) electrons. The molecule has 0 saturated carbocycles. The zero-order valence-corrected chi connectivity index (χ0v) is 41.7. The normalized spacial score (nSPS) is 13.5. The zero-order valence-electron chi connectivity index (χ0n) is 39.5. The Balaban J connectivity index is 0.00000517. The van der Waals surface area contributed by atoms with E-state index in [0.29, 0.717) is 11.5 Å². The minimum Gasteiger partial charge on any atom is -0.509 e. The quantitative estimate of drug-likeness (QED) is 0.142.